The number of rotatable bonds is 11. The first-order chi connectivity index (χ1) is 13.6. The predicted octanol–water partition coefficient (Wildman–Crippen LogP) is 4.62. The molecule has 2 N–H and O–H groups in total. The second-order valence-corrected chi connectivity index (χ2v) is 9.26. The van der Waals surface area contributed by atoms with Crippen molar-refractivity contribution in [2.75, 3.05) is 25.2 Å². The Balaban J connectivity index is 1.85. The third-order valence-corrected chi connectivity index (χ3v) is 6.84. The number of aromatic nitrogens is 2. The van der Waals surface area contributed by atoms with Gasteiger partial charge in [-0.25, -0.2) is 9.55 Å². The van der Waals surface area contributed by atoms with Crippen LogP contribution >= 0.6 is 31.3 Å². The van der Waals surface area contributed by atoms with Crippen LogP contribution in [-0.4, -0.2) is 40.3 Å². The number of thioether (sulfide) groups is 2. The minimum Gasteiger partial charge on any atom is -0.364 e. The molecule has 0 aliphatic carbocycles. The summed E-state index contributed by atoms with van der Waals surface area (Å²) in [6.45, 7) is 4.92. The van der Waals surface area contributed by atoms with Gasteiger partial charge in [0, 0.05) is 23.7 Å². The molecule has 2 rings (SSSR count). The molecular weight excluding hydrogens is 415 g/mol. The fraction of sp³-hybridized carbons (Fsp3) is 0.444. The van der Waals surface area contributed by atoms with E-state index in [4.69, 9.17) is 9.05 Å². The number of hydrogen-bond donors (Lipinski definition) is 2. The molecular formula is C18H27N4O3PS2. The first kappa shape index (κ1) is 23.0. The summed E-state index contributed by atoms with van der Waals surface area (Å²) in [6.07, 6.45) is 3.59. The molecule has 7 nitrogen and oxygen atoms in total. The summed E-state index contributed by atoms with van der Waals surface area (Å²) in [4.78, 5) is 7.36. The van der Waals surface area contributed by atoms with Crippen LogP contribution in [0, 0.1) is 6.92 Å². The highest BCUT2D eigenvalue weighted by molar-refractivity contribution is 8.13. The molecule has 0 radical (unpaired) electrons. The van der Waals surface area contributed by atoms with Gasteiger partial charge in [0.2, 0.25) is 0 Å². The summed E-state index contributed by atoms with van der Waals surface area (Å²) in [5, 5.41) is 3.75. The molecule has 0 bridgehead atoms. The predicted molar refractivity (Wildman–Crippen MR) is 119 cm³/mol. The zero-order valence-electron chi connectivity index (χ0n) is 16.4. The number of amidine groups is 1. The number of aryl methyl sites for hydroxylation is 1. The van der Waals surface area contributed by atoms with Gasteiger partial charge in [-0.15, -0.1) is 0 Å². The van der Waals surface area contributed by atoms with Gasteiger partial charge >= 0.3 is 7.75 Å². The highest BCUT2D eigenvalue weighted by Gasteiger charge is 2.24. The molecule has 0 aliphatic heterocycles. The van der Waals surface area contributed by atoms with Crippen LogP contribution in [0.1, 0.15) is 23.9 Å². The van der Waals surface area contributed by atoms with E-state index >= 15 is 0 Å². The topological polar surface area (TPSA) is 88.6 Å². The van der Waals surface area contributed by atoms with Gasteiger partial charge in [0.05, 0.1) is 25.2 Å². The number of aromatic amines is 1. The molecule has 0 amide bonds. The maximum Gasteiger partial charge on any atom is 0.456 e. The van der Waals surface area contributed by atoms with Crippen molar-refractivity contribution in [3.05, 3.63) is 53.6 Å². The number of nitrogens with one attached hydrogen (secondary N) is 2. The van der Waals surface area contributed by atoms with E-state index in [1.165, 1.54) is 11.8 Å². The molecule has 0 saturated carbocycles. The van der Waals surface area contributed by atoms with Crippen LogP contribution in [0.4, 0.5) is 0 Å². The highest BCUT2D eigenvalue weighted by Crippen LogP contribution is 2.51. The van der Waals surface area contributed by atoms with Crippen LogP contribution in [0.25, 0.3) is 0 Å². The van der Waals surface area contributed by atoms with Crippen LogP contribution in [0.15, 0.2) is 41.4 Å². The fourth-order valence-electron chi connectivity index (χ4n) is 2.18. The van der Waals surface area contributed by atoms with Crippen molar-refractivity contribution in [2.24, 2.45) is 4.76 Å². The zero-order chi connectivity index (χ0) is 20.2. The number of benzene rings is 1. The molecule has 0 spiro atoms. The second-order valence-electron chi connectivity index (χ2n) is 5.71. The van der Waals surface area contributed by atoms with E-state index in [2.05, 4.69) is 20.0 Å². The number of H-pyrrole nitrogens is 1. The summed E-state index contributed by atoms with van der Waals surface area (Å²) in [5.41, 5.74) is 3.08. The van der Waals surface area contributed by atoms with Crippen LogP contribution in [0.5, 0.6) is 0 Å². The van der Waals surface area contributed by atoms with E-state index in [9.17, 15) is 4.57 Å². The molecule has 0 aliphatic rings. The lowest BCUT2D eigenvalue weighted by Gasteiger charge is -2.15. The monoisotopic (exact) mass is 442 g/mol. The van der Waals surface area contributed by atoms with E-state index in [1.807, 2.05) is 43.5 Å². The van der Waals surface area contributed by atoms with Gasteiger partial charge in [-0.3, -0.25) is 9.05 Å². The quantitative estimate of drug-likeness (QED) is 0.227. The third-order valence-electron chi connectivity index (χ3n) is 3.63. The van der Waals surface area contributed by atoms with Gasteiger partial charge in [0.15, 0.2) is 5.17 Å². The smallest absolute Gasteiger partial charge is 0.364 e. The number of nitrogens with zero attached hydrogens (tertiary/aromatic N) is 2. The largest absolute Gasteiger partial charge is 0.456 e. The normalized spacial score (nSPS) is 14.0. The van der Waals surface area contributed by atoms with Gasteiger partial charge in [-0.2, -0.15) is 16.5 Å². The Bertz CT molecular complexity index is 786. The van der Waals surface area contributed by atoms with Crippen LogP contribution in [0.3, 0.4) is 0 Å². The van der Waals surface area contributed by atoms with E-state index in [0.717, 1.165) is 28.5 Å². The van der Waals surface area contributed by atoms with Gasteiger partial charge < -0.3 is 10.3 Å². The lowest BCUT2D eigenvalue weighted by molar-refractivity contribution is 0.205. The van der Waals surface area contributed by atoms with Crippen molar-refractivity contribution in [3.63, 3.8) is 0 Å². The Morgan fingerprint density at radius 3 is 2.75 bits per heavy atom. The van der Waals surface area contributed by atoms with Crippen molar-refractivity contribution in [3.8, 4) is 0 Å². The molecule has 0 fully saturated rings. The van der Waals surface area contributed by atoms with E-state index in [1.54, 1.807) is 25.0 Å². The van der Waals surface area contributed by atoms with Crippen molar-refractivity contribution >= 4 is 36.4 Å². The van der Waals surface area contributed by atoms with E-state index in [0.29, 0.717) is 11.7 Å². The minimum atomic E-state index is -3.58. The second kappa shape index (κ2) is 12.3. The van der Waals surface area contributed by atoms with Crippen molar-refractivity contribution in [1.29, 1.82) is 0 Å². The molecule has 10 heteroatoms. The molecule has 154 valence electrons. The maximum atomic E-state index is 12.9. The molecule has 0 saturated heterocycles. The lowest BCUT2D eigenvalue weighted by Crippen LogP contribution is -2.23. The van der Waals surface area contributed by atoms with Crippen LogP contribution in [-0.2, 0) is 26.0 Å². The fourth-order valence-corrected chi connectivity index (χ4v) is 5.05. The summed E-state index contributed by atoms with van der Waals surface area (Å²) >= 11 is 3.16. The van der Waals surface area contributed by atoms with E-state index in [-0.39, 0.29) is 13.2 Å². The molecule has 2 aromatic rings. The summed E-state index contributed by atoms with van der Waals surface area (Å²) in [7, 11) is -3.58. The Morgan fingerprint density at radius 1 is 1.32 bits per heavy atom. The molecule has 1 unspecified atom stereocenters. The minimum absolute atomic E-state index is 0.183. The number of hydrogen-bond acceptors (Lipinski definition) is 6. The summed E-state index contributed by atoms with van der Waals surface area (Å²) in [6, 6.07) is 9.55. The molecule has 1 atom stereocenters. The summed E-state index contributed by atoms with van der Waals surface area (Å²) < 4.78 is 28.1. The average Bonchev–Trinajstić information content (AvgIpc) is 3.11. The molecule has 1 aromatic heterocycles. The highest BCUT2D eigenvalue weighted by atomic mass is 32.2. The van der Waals surface area contributed by atoms with Crippen LogP contribution in [0.2, 0.25) is 0 Å². The van der Waals surface area contributed by atoms with E-state index < -0.39 is 7.75 Å². The van der Waals surface area contributed by atoms with Crippen molar-refractivity contribution in [1.82, 2.24) is 15.3 Å². The first-order valence-corrected chi connectivity index (χ1v) is 12.8. The Labute approximate surface area is 175 Å². The number of imidazole rings is 1. The standard InChI is InChI=1S/C18H27N4O3PS2/c1-4-24-26(23,25-12-16-8-6-5-7-9-16)22-18(27-3)19-10-11-28-13-17-15(2)20-14-21-17/h5-9,14H,4,10-13H2,1-3H3,(H,20,21)(H,19,22,23). The maximum absolute atomic E-state index is 12.9. The summed E-state index contributed by atoms with van der Waals surface area (Å²) in [5.74, 6) is 1.72. The van der Waals surface area contributed by atoms with Crippen molar-refractivity contribution < 1.29 is 13.6 Å². The van der Waals surface area contributed by atoms with Gasteiger partial charge in [0.1, 0.15) is 0 Å². The lowest BCUT2D eigenvalue weighted by atomic mass is 10.2. The van der Waals surface area contributed by atoms with Gasteiger partial charge in [0.25, 0.3) is 0 Å². The third kappa shape index (κ3) is 8.01. The zero-order valence-corrected chi connectivity index (χ0v) is 18.9. The molecule has 1 aromatic carbocycles. The average molecular weight is 443 g/mol. The van der Waals surface area contributed by atoms with Crippen molar-refractivity contribution in [2.45, 2.75) is 26.2 Å². The van der Waals surface area contributed by atoms with Crippen LogP contribution < -0.4 is 5.32 Å². The molecule has 1 heterocycles. The Hall–Kier alpha value is -1.25. The van der Waals surface area contributed by atoms with Gasteiger partial charge in [-0.05, 0) is 25.7 Å². The first-order valence-electron chi connectivity index (χ1n) is 8.94. The SMILES string of the molecule is CCOP(=O)(N=C(NCCSCc1nc[nH]c1C)SC)OCc1ccccc1. The Morgan fingerprint density at radius 2 is 2.11 bits per heavy atom. The Kier molecular flexibility index (Phi) is 10.2. The molecule has 28 heavy (non-hydrogen) atoms. The van der Waals surface area contributed by atoms with Gasteiger partial charge in [-0.1, -0.05) is 42.1 Å².